The summed E-state index contributed by atoms with van der Waals surface area (Å²) in [6, 6.07) is 11.0. The van der Waals surface area contributed by atoms with Crippen molar-refractivity contribution >= 4 is 43.7 Å². The van der Waals surface area contributed by atoms with Crippen LogP contribution in [0.1, 0.15) is 12.7 Å². The van der Waals surface area contributed by atoms with Crippen LogP contribution in [0.4, 0.5) is 10.2 Å². The first-order valence-electron chi connectivity index (χ1n) is 8.84. The fourth-order valence-electron chi connectivity index (χ4n) is 3.43. The number of aryl methyl sites for hydroxylation is 1. The molecule has 3 heterocycles. The number of nitrogens with zero attached hydrogens (tertiary/aromatic N) is 4. The Labute approximate surface area is 167 Å². The zero-order chi connectivity index (χ0) is 19.4. The summed E-state index contributed by atoms with van der Waals surface area (Å²) in [4.78, 5) is 7.83. The Kier molecular flexibility index (Phi) is 3.77. The summed E-state index contributed by atoms with van der Waals surface area (Å²) in [6.07, 6.45) is 4.41. The lowest BCUT2D eigenvalue weighted by Crippen LogP contribution is -2.04. The number of nitrogens with two attached hydrogens (primary N) is 1. The monoisotopic (exact) mass is 438 g/mol. The number of imidazole rings is 1. The van der Waals surface area contributed by atoms with Crippen molar-refractivity contribution in [3.8, 4) is 11.4 Å². The van der Waals surface area contributed by atoms with Crippen molar-refractivity contribution in [1.82, 2.24) is 24.3 Å². The minimum atomic E-state index is -0.298. The first-order chi connectivity index (χ1) is 13.5. The van der Waals surface area contributed by atoms with E-state index in [0.717, 1.165) is 45.6 Å². The Bertz CT molecular complexity index is 1350. The van der Waals surface area contributed by atoms with Crippen molar-refractivity contribution in [2.45, 2.75) is 13.3 Å². The van der Waals surface area contributed by atoms with Gasteiger partial charge in [-0.05, 0) is 52.3 Å². The quantitative estimate of drug-likeness (QED) is 0.427. The van der Waals surface area contributed by atoms with E-state index >= 15 is 0 Å². The summed E-state index contributed by atoms with van der Waals surface area (Å²) in [5, 5.41) is 5.26. The molecule has 3 aromatic heterocycles. The highest BCUT2D eigenvalue weighted by Crippen LogP contribution is 2.29. The van der Waals surface area contributed by atoms with Crippen LogP contribution < -0.4 is 5.73 Å². The lowest BCUT2D eigenvalue weighted by molar-refractivity contribution is 0.623. The molecule has 28 heavy (non-hydrogen) atoms. The Morgan fingerprint density at radius 2 is 2.07 bits per heavy atom. The average Bonchev–Trinajstić information content (AvgIpc) is 3.38. The van der Waals surface area contributed by atoms with Crippen LogP contribution in [0.15, 0.2) is 53.3 Å². The van der Waals surface area contributed by atoms with E-state index in [9.17, 15) is 4.39 Å². The second-order valence-corrected chi connectivity index (χ2v) is 7.43. The molecule has 0 unspecified atom stereocenters. The third-order valence-electron chi connectivity index (χ3n) is 4.87. The van der Waals surface area contributed by atoms with Gasteiger partial charge in [-0.1, -0.05) is 6.92 Å². The fraction of sp³-hybridized carbons (Fsp3) is 0.100. The molecular weight excluding hydrogens is 423 g/mol. The van der Waals surface area contributed by atoms with Gasteiger partial charge in [0, 0.05) is 18.0 Å². The lowest BCUT2D eigenvalue weighted by atomic mass is 10.2. The summed E-state index contributed by atoms with van der Waals surface area (Å²) in [6.45, 7) is 2.06. The van der Waals surface area contributed by atoms with Crippen LogP contribution >= 0.6 is 15.9 Å². The normalized spacial score (nSPS) is 11.7. The second-order valence-electron chi connectivity index (χ2n) is 6.58. The van der Waals surface area contributed by atoms with Gasteiger partial charge in [-0.15, -0.1) is 0 Å². The van der Waals surface area contributed by atoms with Crippen LogP contribution in [0.2, 0.25) is 0 Å². The minimum absolute atomic E-state index is 0.298. The molecule has 0 bridgehead atoms. The van der Waals surface area contributed by atoms with Crippen LogP contribution in [0, 0.1) is 5.82 Å². The van der Waals surface area contributed by atoms with E-state index < -0.39 is 0 Å². The van der Waals surface area contributed by atoms with Gasteiger partial charge in [0.25, 0.3) is 0 Å². The molecule has 0 aliphatic heterocycles. The molecule has 0 atom stereocenters. The SMILES string of the molecule is CCc1nc2ccc(-n3ncc(-n4ccc5cc(F)c(Br)cc54)c3N)cc2[nH]1. The molecular formula is C20H16BrFN6. The van der Waals surface area contributed by atoms with Crippen LogP contribution in [0.25, 0.3) is 33.3 Å². The molecule has 0 radical (unpaired) electrons. The number of hydrogen-bond donors (Lipinski definition) is 2. The van der Waals surface area contributed by atoms with Crippen molar-refractivity contribution in [2.75, 3.05) is 5.73 Å². The topological polar surface area (TPSA) is 77.4 Å². The maximum atomic E-state index is 13.8. The van der Waals surface area contributed by atoms with Crippen LogP contribution in [0.3, 0.4) is 0 Å². The Morgan fingerprint density at radius 1 is 1.21 bits per heavy atom. The maximum Gasteiger partial charge on any atom is 0.151 e. The highest BCUT2D eigenvalue weighted by molar-refractivity contribution is 9.10. The van der Waals surface area contributed by atoms with Crippen molar-refractivity contribution < 1.29 is 4.39 Å². The number of aromatic amines is 1. The van der Waals surface area contributed by atoms with Gasteiger partial charge in [0.1, 0.15) is 17.3 Å². The van der Waals surface area contributed by atoms with E-state index in [0.29, 0.717) is 10.3 Å². The average molecular weight is 439 g/mol. The molecule has 0 spiro atoms. The number of rotatable bonds is 3. The first-order valence-corrected chi connectivity index (χ1v) is 9.63. The van der Waals surface area contributed by atoms with Crippen molar-refractivity contribution in [3.63, 3.8) is 0 Å². The molecule has 0 aliphatic rings. The predicted molar refractivity (Wildman–Crippen MR) is 111 cm³/mol. The van der Waals surface area contributed by atoms with Crippen LogP contribution in [-0.2, 0) is 6.42 Å². The van der Waals surface area contributed by atoms with E-state index in [2.05, 4.69) is 37.9 Å². The molecule has 3 N–H and O–H groups in total. The molecule has 0 fully saturated rings. The Hall–Kier alpha value is -3.13. The molecule has 6 nitrogen and oxygen atoms in total. The van der Waals surface area contributed by atoms with Gasteiger partial charge < -0.3 is 15.3 Å². The first kappa shape index (κ1) is 17.0. The van der Waals surface area contributed by atoms with Gasteiger partial charge in [0.2, 0.25) is 0 Å². The fourth-order valence-corrected chi connectivity index (χ4v) is 3.76. The highest BCUT2D eigenvalue weighted by atomic mass is 79.9. The van der Waals surface area contributed by atoms with E-state index in [-0.39, 0.29) is 5.82 Å². The molecule has 5 rings (SSSR count). The third-order valence-corrected chi connectivity index (χ3v) is 5.48. The van der Waals surface area contributed by atoms with Crippen LogP contribution in [-0.4, -0.2) is 24.3 Å². The van der Waals surface area contributed by atoms with Gasteiger partial charge in [0.05, 0.1) is 32.9 Å². The van der Waals surface area contributed by atoms with Gasteiger partial charge in [-0.3, -0.25) is 0 Å². The molecule has 140 valence electrons. The van der Waals surface area contributed by atoms with E-state index in [4.69, 9.17) is 5.73 Å². The molecule has 5 aromatic rings. The number of fused-ring (bicyclic) bond motifs is 2. The molecule has 2 aromatic carbocycles. The number of halogens is 2. The number of aromatic nitrogens is 5. The third kappa shape index (κ3) is 2.52. The van der Waals surface area contributed by atoms with E-state index in [1.54, 1.807) is 16.9 Å². The van der Waals surface area contributed by atoms with E-state index in [1.807, 2.05) is 35.0 Å². The second kappa shape index (κ2) is 6.20. The van der Waals surface area contributed by atoms with Crippen molar-refractivity contribution in [3.05, 3.63) is 64.9 Å². The van der Waals surface area contributed by atoms with Gasteiger partial charge in [-0.25, -0.2) is 14.1 Å². The number of nitrogen functional groups attached to an aromatic ring is 1. The van der Waals surface area contributed by atoms with E-state index in [1.165, 1.54) is 6.07 Å². The summed E-state index contributed by atoms with van der Waals surface area (Å²) in [5.74, 6) is 1.14. The lowest BCUT2D eigenvalue weighted by Gasteiger charge is -2.07. The maximum absolute atomic E-state index is 13.8. The van der Waals surface area contributed by atoms with Crippen molar-refractivity contribution in [1.29, 1.82) is 0 Å². The highest BCUT2D eigenvalue weighted by Gasteiger charge is 2.15. The number of anilines is 1. The smallest absolute Gasteiger partial charge is 0.151 e. The summed E-state index contributed by atoms with van der Waals surface area (Å²) >= 11 is 3.25. The largest absolute Gasteiger partial charge is 0.382 e. The van der Waals surface area contributed by atoms with Gasteiger partial charge >= 0.3 is 0 Å². The number of nitrogens with one attached hydrogen (secondary N) is 1. The number of H-pyrrole nitrogens is 1. The Balaban J connectivity index is 1.63. The molecule has 0 saturated carbocycles. The molecule has 0 saturated heterocycles. The molecule has 0 amide bonds. The zero-order valence-electron chi connectivity index (χ0n) is 14.9. The van der Waals surface area contributed by atoms with Gasteiger partial charge in [0.15, 0.2) is 5.82 Å². The standard InChI is InChI=1S/C20H16BrFN6/c1-2-19-25-15-4-3-12(8-16(15)26-19)28-20(23)18(10-24-28)27-6-5-11-7-14(22)13(21)9-17(11)27/h3-10H,2,23H2,1H3,(H,25,26). The summed E-state index contributed by atoms with van der Waals surface area (Å²) < 4.78 is 17.8. The zero-order valence-corrected chi connectivity index (χ0v) is 16.5. The molecule has 0 aliphatic carbocycles. The summed E-state index contributed by atoms with van der Waals surface area (Å²) in [5.41, 5.74) is 10.7. The predicted octanol–water partition coefficient (Wildman–Crippen LogP) is 4.74. The number of benzene rings is 2. The Morgan fingerprint density at radius 3 is 2.89 bits per heavy atom. The van der Waals surface area contributed by atoms with Gasteiger partial charge in [-0.2, -0.15) is 5.10 Å². The number of hydrogen-bond acceptors (Lipinski definition) is 3. The minimum Gasteiger partial charge on any atom is -0.382 e. The van der Waals surface area contributed by atoms with Crippen LogP contribution in [0.5, 0.6) is 0 Å². The summed E-state index contributed by atoms with van der Waals surface area (Å²) in [7, 11) is 0. The molecule has 8 heteroatoms. The van der Waals surface area contributed by atoms with Crippen molar-refractivity contribution in [2.24, 2.45) is 0 Å².